The lowest BCUT2D eigenvalue weighted by Crippen LogP contribution is -2.42. The Bertz CT molecular complexity index is 375. The Balaban J connectivity index is 2.05. The van der Waals surface area contributed by atoms with Gasteiger partial charge in [-0.25, -0.2) is 4.39 Å². The molecule has 0 spiro atoms. The lowest BCUT2D eigenvalue weighted by molar-refractivity contribution is 0.111. The van der Waals surface area contributed by atoms with Crippen LogP contribution in [0.4, 0.5) is 4.39 Å². The second-order valence-electron chi connectivity index (χ2n) is 4.00. The predicted octanol–water partition coefficient (Wildman–Crippen LogP) is 1.04. The van der Waals surface area contributed by atoms with Crippen LogP contribution in [0.2, 0.25) is 0 Å². The van der Waals surface area contributed by atoms with Gasteiger partial charge >= 0.3 is 0 Å². The first-order chi connectivity index (χ1) is 7.79. The Morgan fingerprint density at radius 3 is 2.81 bits per heavy atom. The predicted molar refractivity (Wildman–Crippen MR) is 59.9 cm³/mol. The van der Waals surface area contributed by atoms with Crippen molar-refractivity contribution in [3.8, 4) is 0 Å². The topological polar surface area (TPSA) is 32.3 Å². The molecule has 2 rings (SSSR count). The van der Waals surface area contributed by atoms with Gasteiger partial charge in [0.1, 0.15) is 5.82 Å². The van der Waals surface area contributed by atoms with Crippen LogP contribution in [0.5, 0.6) is 0 Å². The van der Waals surface area contributed by atoms with E-state index in [0.29, 0.717) is 6.29 Å². The molecular weight excluding hydrogens is 207 g/mol. The van der Waals surface area contributed by atoms with Crippen molar-refractivity contribution >= 4 is 6.29 Å². The summed E-state index contributed by atoms with van der Waals surface area (Å²) in [5.41, 5.74) is 1.14. The molecule has 4 heteroatoms. The molecule has 0 aliphatic carbocycles. The summed E-state index contributed by atoms with van der Waals surface area (Å²) >= 11 is 0. The summed E-state index contributed by atoms with van der Waals surface area (Å²) < 4.78 is 13.1. The zero-order chi connectivity index (χ0) is 11.4. The van der Waals surface area contributed by atoms with Crippen LogP contribution in [0, 0.1) is 5.82 Å². The van der Waals surface area contributed by atoms with E-state index < -0.39 is 5.82 Å². The highest BCUT2D eigenvalue weighted by atomic mass is 19.1. The maximum Gasteiger partial charge on any atom is 0.153 e. The fourth-order valence-corrected chi connectivity index (χ4v) is 1.91. The number of benzene rings is 1. The van der Waals surface area contributed by atoms with Crippen LogP contribution >= 0.6 is 0 Å². The second-order valence-corrected chi connectivity index (χ2v) is 4.00. The molecule has 1 N–H and O–H groups in total. The Morgan fingerprint density at radius 1 is 1.38 bits per heavy atom. The number of rotatable bonds is 3. The summed E-state index contributed by atoms with van der Waals surface area (Å²) in [6.07, 6.45) is 0.566. The quantitative estimate of drug-likeness (QED) is 0.776. The first-order valence-corrected chi connectivity index (χ1v) is 5.46. The van der Waals surface area contributed by atoms with Gasteiger partial charge in [-0.2, -0.15) is 0 Å². The van der Waals surface area contributed by atoms with E-state index in [1.54, 1.807) is 12.1 Å². The summed E-state index contributed by atoms with van der Waals surface area (Å²) in [6.45, 7) is 4.74. The zero-order valence-corrected chi connectivity index (χ0v) is 9.08. The van der Waals surface area contributed by atoms with E-state index in [0.717, 1.165) is 38.3 Å². The van der Waals surface area contributed by atoms with Gasteiger partial charge in [0.2, 0.25) is 0 Å². The lowest BCUT2D eigenvalue weighted by Gasteiger charge is -2.27. The van der Waals surface area contributed by atoms with Gasteiger partial charge in [-0.1, -0.05) is 6.07 Å². The number of hydrogen-bond donors (Lipinski definition) is 1. The van der Waals surface area contributed by atoms with Crippen molar-refractivity contribution in [2.75, 3.05) is 26.2 Å². The van der Waals surface area contributed by atoms with Crippen LogP contribution in [0.1, 0.15) is 15.9 Å². The molecule has 1 fully saturated rings. The first kappa shape index (κ1) is 11.2. The van der Waals surface area contributed by atoms with Crippen molar-refractivity contribution < 1.29 is 9.18 Å². The molecule has 1 saturated heterocycles. The summed E-state index contributed by atoms with van der Waals surface area (Å²) in [5, 5.41) is 3.27. The highest BCUT2D eigenvalue weighted by Gasteiger charge is 2.10. The molecular formula is C12H15FN2O. The van der Waals surface area contributed by atoms with Crippen molar-refractivity contribution in [2.45, 2.75) is 6.54 Å². The third-order valence-electron chi connectivity index (χ3n) is 2.80. The molecule has 0 bridgehead atoms. The summed E-state index contributed by atoms with van der Waals surface area (Å²) in [6, 6.07) is 4.73. The molecule has 0 amide bonds. The number of piperazine rings is 1. The Kier molecular flexibility index (Phi) is 3.64. The van der Waals surface area contributed by atoms with Gasteiger partial charge in [-0.05, 0) is 17.7 Å². The molecule has 1 aliphatic heterocycles. The highest BCUT2D eigenvalue weighted by molar-refractivity contribution is 5.75. The second kappa shape index (κ2) is 5.18. The van der Waals surface area contributed by atoms with Crippen LogP contribution in [-0.2, 0) is 6.54 Å². The third-order valence-corrected chi connectivity index (χ3v) is 2.80. The minimum absolute atomic E-state index is 0.146. The molecule has 1 aromatic rings. The largest absolute Gasteiger partial charge is 0.314 e. The monoisotopic (exact) mass is 222 g/mol. The Hall–Kier alpha value is -1.26. The lowest BCUT2D eigenvalue weighted by atomic mass is 10.1. The number of carbonyl (C=O) groups is 1. The van der Waals surface area contributed by atoms with Crippen molar-refractivity contribution in [3.63, 3.8) is 0 Å². The number of nitrogens with one attached hydrogen (secondary N) is 1. The van der Waals surface area contributed by atoms with E-state index in [9.17, 15) is 9.18 Å². The van der Waals surface area contributed by atoms with Crippen LogP contribution in [0.15, 0.2) is 18.2 Å². The third kappa shape index (κ3) is 2.65. The fourth-order valence-electron chi connectivity index (χ4n) is 1.91. The van der Waals surface area contributed by atoms with E-state index >= 15 is 0 Å². The molecule has 0 unspecified atom stereocenters. The van der Waals surface area contributed by atoms with Crippen molar-refractivity contribution in [3.05, 3.63) is 35.1 Å². The number of nitrogens with zero attached hydrogens (tertiary/aromatic N) is 1. The maximum atomic E-state index is 13.1. The minimum atomic E-state index is -0.445. The normalized spacial score (nSPS) is 17.3. The molecule has 0 saturated carbocycles. The van der Waals surface area contributed by atoms with Gasteiger partial charge in [-0.3, -0.25) is 9.69 Å². The van der Waals surface area contributed by atoms with E-state index in [-0.39, 0.29) is 5.56 Å². The molecule has 0 atom stereocenters. The van der Waals surface area contributed by atoms with Gasteiger partial charge in [0.15, 0.2) is 6.29 Å². The van der Waals surface area contributed by atoms with E-state index in [2.05, 4.69) is 10.2 Å². The Labute approximate surface area is 94.3 Å². The van der Waals surface area contributed by atoms with E-state index in [1.165, 1.54) is 6.07 Å². The fraction of sp³-hybridized carbons (Fsp3) is 0.417. The molecule has 0 aromatic heterocycles. The number of carbonyl (C=O) groups excluding carboxylic acids is 1. The van der Waals surface area contributed by atoms with Crippen molar-refractivity contribution in [1.29, 1.82) is 0 Å². The van der Waals surface area contributed by atoms with Gasteiger partial charge < -0.3 is 5.32 Å². The Morgan fingerprint density at radius 2 is 2.12 bits per heavy atom. The summed E-state index contributed by atoms with van der Waals surface area (Å²) in [5.74, 6) is -0.445. The van der Waals surface area contributed by atoms with E-state index in [1.807, 2.05) is 0 Å². The molecule has 3 nitrogen and oxygen atoms in total. The summed E-state index contributed by atoms with van der Waals surface area (Å²) in [4.78, 5) is 12.9. The minimum Gasteiger partial charge on any atom is -0.314 e. The van der Waals surface area contributed by atoms with Crippen LogP contribution < -0.4 is 5.32 Å². The van der Waals surface area contributed by atoms with Crippen LogP contribution in [-0.4, -0.2) is 37.4 Å². The molecule has 1 aromatic carbocycles. The van der Waals surface area contributed by atoms with Crippen LogP contribution in [0.25, 0.3) is 0 Å². The highest BCUT2D eigenvalue weighted by Crippen LogP contribution is 2.11. The molecule has 16 heavy (non-hydrogen) atoms. The number of halogens is 1. The molecule has 1 aliphatic rings. The molecule has 0 radical (unpaired) electrons. The molecule has 86 valence electrons. The first-order valence-electron chi connectivity index (χ1n) is 5.46. The average Bonchev–Trinajstić information content (AvgIpc) is 2.33. The van der Waals surface area contributed by atoms with Gasteiger partial charge in [0.05, 0.1) is 5.56 Å². The van der Waals surface area contributed by atoms with Gasteiger partial charge in [-0.15, -0.1) is 0 Å². The molecule has 1 heterocycles. The zero-order valence-electron chi connectivity index (χ0n) is 9.08. The standard InChI is InChI=1S/C12H15FN2O/c13-12-2-1-10(7-11(12)9-16)8-15-5-3-14-4-6-15/h1-2,7,9,14H,3-6,8H2. The van der Waals surface area contributed by atoms with Gasteiger partial charge in [0.25, 0.3) is 0 Å². The SMILES string of the molecule is O=Cc1cc(CN2CCNCC2)ccc1F. The van der Waals surface area contributed by atoms with Crippen molar-refractivity contribution in [2.24, 2.45) is 0 Å². The maximum absolute atomic E-state index is 13.1. The number of aldehydes is 1. The van der Waals surface area contributed by atoms with E-state index in [4.69, 9.17) is 0 Å². The summed E-state index contributed by atoms with van der Waals surface area (Å²) in [7, 11) is 0. The van der Waals surface area contributed by atoms with Crippen LogP contribution in [0.3, 0.4) is 0 Å². The van der Waals surface area contributed by atoms with Gasteiger partial charge in [0, 0.05) is 32.7 Å². The smallest absolute Gasteiger partial charge is 0.153 e. The van der Waals surface area contributed by atoms with Crippen molar-refractivity contribution in [1.82, 2.24) is 10.2 Å². The average molecular weight is 222 g/mol. The number of hydrogen-bond acceptors (Lipinski definition) is 3.